The molecule has 17 heteroatoms. The van der Waals surface area contributed by atoms with Gasteiger partial charge in [-0.3, -0.25) is 13.6 Å². The number of hydrogen-bond acceptors (Lipinski definition) is 16. The van der Waals surface area contributed by atoms with E-state index in [0.717, 1.165) is 0 Å². The molecule has 9 atom stereocenters. The molecule has 194 valence electrons. The maximum Gasteiger partial charge on any atom is 0.475 e. The van der Waals surface area contributed by atoms with Gasteiger partial charge in [0.2, 0.25) is 0 Å². The van der Waals surface area contributed by atoms with Gasteiger partial charge in [-0.1, -0.05) is 0 Å². The van der Waals surface area contributed by atoms with E-state index in [0.29, 0.717) is 0 Å². The highest BCUT2D eigenvalue weighted by Crippen LogP contribution is 2.50. The third kappa shape index (κ3) is 10.7. The van der Waals surface area contributed by atoms with Crippen molar-refractivity contribution < 1.29 is 79.4 Å². The summed E-state index contributed by atoms with van der Waals surface area (Å²) in [5.41, 5.74) is 0. The molecule has 0 bridgehead atoms. The molecule has 16 nitrogen and oxygen atoms in total. The summed E-state index contributed by atoms with van der Waals surface area (Å²) < 4.78 is 27.0. The predicted octanol–water partition coefficient (Wildman–Crippen LogP) is -6.63. The number of phosphoric ester groups is 1. The largest absolute Gasteiger partial charge is 0.475 e. The van der Waals surface area contributed by atoms with Crippen molar-refractivity contribution in [3.05, 3.63) is 0 Å². The van der Waals surface area contributed by atoms with Crippen molar-refractivity contribution in [2.45, 2.75) is 54.9 Å². The van der Waals surface area contributed by atoms with Gasteiger partial charge in [0.05, 0.1) is 39.6 Å². The third-order valence-corrected chi connectivity index (χ3v) is 5.53. The van der Waals surface area contributed by atoms with Crippen LogP contribution < -0.4 is 0 Å². The minimum Gasteiger partial charge on any atom is -0.394 e. The van der Waals surface area contributed by atoms with E-state index in [2.05, 4.69) is 0 Å². The predicted molar refractivity (Wildman–Crippen MR) is 101 cm³/mol. The molecule has 0 saturated carbocycles. The maximum absolute atomic E-state index is 12.7. The summed E-state index contributed by atoms with van der Waals surface area (Å²) in [5, 5.41) is 112. The van der Waals surface area contributed by atoms with Gasteiger partial charge in [-0.05, 0) is 0 Å². The van der Waals surface area contributed by atoms with Crippen LogP contribution in [0.15, 0.2) is 0 Å². The molecule has 0 rings (SSSR count). The molecule has 0 aliphatic rings. The number of aliphatic hydroxyl groups is 12. The van der Waals surface area contributed by atoms with Crippen LogP contribution in [0.5, 0.6) is 0 Å². The number of hydrogen-bond donors (Lipinski definition) is 12. The van der Waals surface area contributed by atoms with Gasteiger partial charge in [0, 0.05) is 0 Å². The second kappa shape index (κ2) is 15.5. The zero-order valence-corrected chi connectivity index (χ0v) is 17.8. The van der Waals surface area contributed by atoms with Crippen LogP contribution >= 0.6 is 7.82 Å². The highest BCUT2D eigenvalue weighted by atomic mass is 31.2. The fourth-order valence-corrected chi connectivity index (χ4v) is 3.23. The first kappa shape index (κ1) is 31.6. The summed E-state index contributed by atoms with van der Waals surface area (Å²) in [5.74, 6) is 0. The van der Waals surface area contributed by atoms with Crippen LogP contribution in [0.25, 0.3) is 0 Å². The third-order valence-electron chi connectivity index (χ3n) is 4.14. The molecule has 0 radical (unpaired) electrons. The van der Waals surface area contributed by atoms with E-state index in [-0.39, 0.29) is 0 Å². The first-order valence-corrected chi connectivity index (χ1v) is 10.8. The van der Waals surface area contributed by atoms with Crippen molar-refractivity contribution in [1.82, 2.24) is 0 Å². The molecule has 0 aromatic carbocycles. The van der Waals surface area contributed by atoms with E-state index >= 15 is 0 Å². The fourth-order valence-electron chi connectivity index (χ4n) is 2.00. The van der Waals surface area contributed by atoms with Gasteiger partial charge in [-0.2, -0.15) is 0 Å². The topological polar surface area (TPSA) is 288 Å². The Kier molecular flexibility index (Phi) is 15.3. The molecule has 0 amide bonds. The van der Waals surface area contributed by atoms with E-state index in [1.807, 2.05) is 0 Å². The number of aliphatic hydroxyl groups excluding tert-OH is 12. The summed E-state index contributed by atoms with van der Waals surface area (Å²) in [6.07, 6.45) is -17.0. The van der Waals surface area contributed by atoms with Crippen LogP contribution in [0.3, 0.4) is 0 Å². The minimum atomic E-state index is -4.86. The van der Waals surface area contributed by atoms with Crippen LogP contribution in [-0.2, 0) is 18.1 Å². The Morgan fingerprint density at radius 3 is 0.875 bits per heavy atom. The molecule has 0 aromatic heterocycles. The summed E-state index contributed by atoms with van der Waals surface area (Å²) in [7, 11) is -4.86. The Labute approximate surface area is 182 Å². The van der Waals surface area contributed by atoms with Crippen LogP contribution in [-0.4, -0.2) is 156 Å². The number of rotatable bonds is 18. The van der Waals surface area contributed by atoms with Crippen LogP contribution in [0.2, 0.25) is 0 Å². The van der Waals surface area contributed by atoms with Gasteiger partial charge < -0.3 is 61.3 Å². The van der Waals surface area contributed by atoms with Gasteiger partial charge in [-0.15, -0.1) is 0 Å². The summed E-state index contributed by atoms with van der Waals surface area (Å²) in [6.45, 7) is -5.91. The van der Waals surface area contributed by atoms with Gasteiger partial charge in [0.1, 0.15) is 54.9 Å². The highest BCUT2D eigenvalue weighted by molar-refractivity contribution is 7.48. The van der Waals surface area contributed by atoms with Gasteiger partial charge in [-0.25, -0.2) is 4.57 Å². The molecule has 0 fully saturated rings. The van der Waals surface area contributed by atoms with E-state index in [1.165, 1.54) is 0 Å². The Morgan fingerprint density at radius 1 is 0.469 bits per heavy atom. The lowest BCUT2D eigenvalue weighted by Gasteiger charge is -2.27. The second-order valence-electron chi connectivity index (χ2n) is 6.76. The standard InChI is InChI=1S/C15H33O16P/c16-1-7(19)13(25)10(22)4-29-32(28,30-5-11(23)14(26)8(20)2-17)31-6-12(24)15(27)9(21)3-18/h7-27H,1-6H2. The maximum atomic E-state index is 12.7. The van der Waals surface area contributed by atoms with Gasteiger partial charge in [0.25, 0.3) is 0 Å². The molecule has 0 aliphatic carbocycles. The molecule has 0 aliphatic heterocycles. The highest BCUT2D eigenvalue weighted by Gasteiger charge is 2.36. The van der Waals surface area contributed by atoms with Gasteiger partial charge in [0.15, 0.2) is 0 Å². The molecule has 9 unspecified atom stereocenters. The van der Waals surface area contributed by atoms with E-state index < -0.39 is 102 Å². The molecular formula is C15H33O16P. The van der Waals surface area contributed by atoms with Crippen molar-refractivity contribution in [2.24, 2.45) is 0 Å². The monoisotopic (exact) mass is 500 g/mol. The Hall–Kier alpha value is -0.370. The van der Waals surface area contributed by atoms with Crippen molar-refractivity contribution >= 4 is 7.82 Å². The van der Waals surface area contributed by atoms with E-state index in [9.17, 15) is 50.5 Å². The molecule has 12 N–H and O–H groups in total. The lowest BCUT2D eigenvalue weighted by Crippen LogP contribution is -2.43. The van der Waals surface area contributed by atoms with E-state index in [1.54, 1.807) is 0 Å². The summed E-state index contributed by atoms with van der Waals surface area (Å²) >= 11 is 0. The van der Waals surface area contributed by atoms with Crippen molar-refractivity contribution in [3.8, 4) is 0 Å². The Morgan fingerprint density at radius 2 is 0.688 bits per heavy atom. The molecule has 0 spiro atoms. The number of phosphoric acid groups is 1. The normalized spacial score (nSPS) is 22.8. The molecule has 32 heavy (non-hydrogen) atoms. The summed E-state index contributed by atoms with van der Waals surface area (Å²) in [6, 6.07) is 0. The molecule has 0 saturated heterocycles. The first-order chi connectivity index (χ1) is 14.8. The average molecular weight is 500 g/mol. The SMILES string of the molecule is O=P(OCC(O)C(O)C(O)CO)(OCC(O)C(O)C(O)CO)OCC(O)C(O)C(O)CO. The summed E-state index contributed by atoms with van der Waals surface area (Å²) in [4.78, 5) is 0. The first-order valence-electron chi connectivity index (χ1n) is 9.32. The minimum absolute atomic E-state index is 0.933. The van der Waals surface area contributed by atoms with Gasteiger partial charge >= 0.3 is 7.82 Å². The lowest BCUT2D eigenvalue weighted by atomic mass is 10.1. The van der Waals surface area contributed by atoms with Crippen molar-refractivity contribution in [1.29, 1.82) is 0 Å². The van der Waals surface area contributed by atoms with Crippen molar-refractivity contribution in [3.63, 3.8) is 0 Å². The van der Waals surface area contributed by atoms with Crippen LogP contribution in [0.1, 0.15) is 0 Å². The molecule has 0 heterocycles. The average Bonchev–Trinajstić information content (AvgIpc) is 2.81. The van der Waals surface area contributed by atoms with Crippen LogP contribution in [0.4, 0.5) is 0 Å². The zero-order valence-electron chi connectivity index (χ0n) is 16.9. The lowest BCUT2D eigenvalue weighted by molar-refractivity contribution is -0.104. The van der Waals surface area contributed by atoms with E-state index in [4.69, 9.17) is 28.9 Å². The smallest absolute Gasteiger partial charge is 0.394 e. The second-order valence-corrected chi connectivity index (χ2v) is 8.43. The Balaban J connectivity index is 5.20. The van der Waals surface area contributed by atoms with Crippen molar-refractivity contribution in [2.75, 3.05) is 39.6 Å². The molecule has 0 aromatic rings. The van der Waals surface area contributed by atoms with Crippen LogP contribution in [0, 0.1) is 0 Å². The quantitative estimate of drug-likeness (QED) is 0.0779. The Bertz CT molecular complexity index is 468. The molecular weight excluding hydrogens is 467 g/mol. The zero-order chi connectivity index (χ0) is 25.1. The fraction of sp³-hybridized carbons (Fsp3) is 1.00.